The average Bonchev–Trinajstić information content (AvgIpc) is 2.93. The first kappa shape index (κ1) is 13.2. The van der Waals surface area contributed by atoms with Crippen LogP contribution < -0.4 is 4.74 Å². The fourth-order valence-electron chi connectivity index (χ4n) is 2.49. The molecule has 3 rings (SSSR count). The highest BCUT2D eigenvalue weighted by Crippen LogP contribution is 2.22. The maximum Gasteiger partial charge on any atom is 0.119 e. The van der Waals surface area contributed by atoms with Crippen LogP contribution in [0.25, 0.3) is 11.3 Å². The Balaban J connectivity index is 1.60. The zero-order valence-corrected chi connectivity index (χ0v) is 11.8. The van der Waals surface area contributed by atoms with E-state index in [1.54, 1.807) is 6.33 Å². The molecule has 0 N–H and O–H groups in total. The summed E-state index contributed by atoms with van der Waals surface area (Å²) in [6.45, 7) is 1.51. The molecule has 1 aliphatic rings. The number of ether oxygens (including phenoxy) is 2. The second-order valence-electron chi connectivity index (χ2n) is 5.21. The number of aromatic nitrogens is 2. The lowest BCUT2D eigenvalue weighted by Crippen LogP contribution is -2.25. The van der Waals surface area contributed by atoms with Gasteiger partial charge in [0.05, 0.1) is 24.3 Å². The van der Waals surface area contributed by atoms with E-state index < -0.39 is 0 Å². The molecular weight excluding hydrogens is 252 g/mol. The van der Waals surface area contributed by atoms with Gasteiger partial charge in [-0.3, -0.25) is 0 Å². The van der Waals surface area contributed by atoms with Crippen LogP contribution in [0.4, 0.5) is 0 Å². The van der Waals surface area contributed by atoms with Crippen molar-refractivity contribution in [3.8, 4) is 17.0 Å². The molecule has 2 heterocycles. The summed E-state index contributed by atoms with van der Waals surface area (Å²) in [5.41, 5.74) is 2.25. The Morgan fingerprint density at radius 1 is 1.30 bits per heavy atom. The standard InChI is InChI=1S/C16H20N2O2/c1-18-12-17-10-16(18)13-5-7-14(8-6-13)20-11-15-4-2-3-9-19-15/h5-8,10,12,15H,2-4,9,11H2,1H3. The molecule has 2 aromatic rings. The predicted molar refractivity (Wildman–Crippen MR) is 77.7 cm³/mol. The largest absolute Gasteiger partial charge is 0.491 e. The summed E-state index contributed by atoms with van der Waals surface area (Å²) < 4.78 is 13.5. The summed E-state index contributed by atoms with van der Waals surface area (Å²) in [5.74, 6) is 0.894. The molecule has 1 fully saturated rings. The molecule has 1 aromatic heterocycles. The SMILES string of the molecule is Cn1cncc1-c1ccc(OCC2CCCCO2)cc1. The Kier molecular flexibility index (Phi) is 4.02. The quantitative estimate of drug-likeness (QED) is 0.858. The van der Waals surface area contributed by atoms with Gasteiger partial charge in [0.25, 0.3) is 0 Å². The van der Waals surface area contributed by atoms with E-state index in [2.05, 4.69) is 17.1 Å². The Labute approximate surface area is 119 Å². The minimum atomic E-state index is 0.250. The molecule has 4 heteroatoms. The number of aryl methyl sites for hydroxylation is 1. The zero-order valence-electron chi connectivity index (χ0n) is 11.8. The molecule has 4 nitrogen and oxygen atoms in total. The number of imidazole rings is 1. The van der Waals surface area contributed by atoms with E-state index in [1.165, 1.54) is 12.8 Å². The van der Waals surface area contributed by atoms with Gasteiger partial charge in [0.1, 0.15) is 12.4 Å². The number of nitrogens with zero attached hydrogens (tertiary/aromatic N) is 2. The Morgan fingerprint density at radius 3 is 2.80 bits per heavy atom. The van der Waals surface area contributed by atoms with E-state index in [1.807, 2.05) is 29.9 Å². The van der Waals surface area contributed by atoms with Gasteiger partial charge in [-0.15, -0.1) is 0 Å². The van der Waals surface area contributed by atoms with Crippen LogP contribution in [0.3, 0.4) is 0 Å². The van der Waals surface area contributed by atoms with E-state index in [-0.39, 0.29) is 6.10 Å². The molecule has 1 aliphatic heterocycles. The molecule has 0 amide bonds. The van der Waals surface area contributed by atoms with Gasteiger partial charge in [0.2, 0.25) is 0 Å². The normalized spacial score (nSPS) is 18.9. The third kappa shape index (κ3) is 3.02. The van der Waals surface area contributed by atoms with Crippen LogP contribution in [0.15, 0.2) is 36.8 Å². The molecule has 1 unspecified atom stereocenters. The molecule has 1 saturated heterocycles. The van der Waals surface area contributed by atoms with Gasteiger partial charge in [-0.25, -0.2) is 4.98 Å². The van der Waals surface area contributed by atoms with E-state index in [0.29, 0.717) is 6.61 Å². The van der Waals surface area contributed by atoms with Crippen molar-refractivity contribution >= 4 is 0 Å². The van der Waals surface area contributed by atoms with Gasteiger partial charge in [-0.2, -0.15) is 0 Å². The maximum absolute atomic E-state index is 5.80. The van der Waals surface area contributed by atoms with Crippen LogP contribution in [-0.4, -0.2) is 28.9 Å². The zero-order chi connectivity index (χ0) is 13.8. The molecule has 20 heavy (non-hydrogen) atoms. The van der Waals surface area contributed by atoms with Crippen LogP contribution in [-0.2, 0) is 11.8 Å². The van der Waals surface area contributed by atoms with E-state index in [9.17, 15) is 0 Å². The van der Waals surface area contributed by atoms with E-state index in [0.717, 1.165) is 30.0 Å². The van der Waals surface area contributed by atoms with Crippen molar-refractivity contribution in [2.75, 3.05) is 13.2 Å². The van der Waals surface area contributed by atoms with Crippen molar-refractivity contribution < 1.29 is 9.47 Å². The highest BCUT2D eigenvalue weighted by atomic mass is 16.5. The number of hydrogen-bond acceptors (Lipinski definition) is 3. The van der Waals surface area contributed by atoms with Gasteiger partial charge >= 0.3 is 0 Å². The van der Waals surface area contributed by atoms with Crippen LogP contribution >= 0.6 is 0 Å². The fraction of sp³-hybridized carbons (Fsp3) is 0.438. The molecular formula is C16H20N2O2. The smallest absolute Gasteiger partial charge is 0.119 e. The number of hydrogen-bond donors (Lipinski definition) is 0. The highest BCUT2D eigenvalue weighted by molar-refractivity contribution is 5.59. The van der Waals surface area contributed by atoms with E-state index >= 15 is 0 Å². The minimum absolute atomic E-state index is 0.250. The van der Waals surface area contributed by atoms with Crippen LogP contribution in [0, 0.1) is 0 Å². The summed E-state index contributed by atoms with van der Waals surface area (Å²) in [4.78, 5) is 4.13. The van der Waals surface area contributed by atoms with Crippen LogP contribution in [0.5, 0.6) is 5.75 Å². The summed E-state index contributed by atoms with van der Waals surface area (Å²) in [5, 5.41) is 0. The van der Waals surface area contributed by atoms with Crippen molar-refractivity contribution in [3.63, 3.8) is 0 Å². The predicted octanol–water partition coefficient (Wildman–Crippen LogP) is 3.04. The third-order valence-corrected chi connectivity index (χ3v) is 3.68. The first-order valence-corrected chi connectivity index (χ1v) is 7.14. The molecule has 106 valence electrons. The maximum atomic E-state index is 5.80. The Morgan fingerprint density at radius 2 is 2.15 bits per heavy atom. The van der Waals surface area contributed by atoms with Gasteiger partial charge in [-0.1, -0.05) is 0 Å². The van der Waals surface area contributed by atoms with Crippen molar-refractivity contribution in [2.24, 2.45) is 7.05 Å². The first-order chi connectivity index (χ1) is 9.83. The molecule has 0 radical (unpaired) electrons. The van der Waals surface area contributed by atoms with Crippen molar-refractivity contribution in [3.05, 3.63) is 36.8 Å². The van der Waals surface area contributed by atoms with Crippen molar-refractivity contribution in [1.29, 1.82) is 0 Å². The lowest BCUT2D eigenvalue weighted by atomic mass is 10.1. The van der Waals surface area contributed by atoms with E-state index in [4.69, 9.17) is 9.47 Å². The summed E-state index contributed by atoms with van der Waals surface area (Å²) >= 11 is 0. The van der Waals surface area contributed by atoms with Gasteiger partial charge in [0, 0.05) is 19.2 Å². The summed E-state index contributed by atoms with van der Waals surface area (Å²) in [7, 11) is 1.99. The third-order valence-electron chi connectivity index (χ3n) is 3.68. The Bertz CT molecular complexity index is 542. The highest BCUT2D eigenvalue weighted by Gasteiger charge is 2.14. The number of benzene rings is 1. The van der Waals surface area contributed by atoms with Gasteiger partial charge < -0.3 is 14.0 Å². The number of rotatable bonds is 4. The second kappa shape index (κ2) is 6.09. The Hall–Kier alpha value is -1.81. The average molecular weight is 272 g/mol. The summed E-state index contributed by atoms with van der Waals surface area (Å²) in [6, 6.07) is 8.14. The second-order valence-corrected chi connectivity index (χ2v) is 5.21. The molecule has 1 atom stereocenters. The molecule has 1 aromatic carbocycles. The fourth-order valence-corrected chi connectivity index (χ4v) is 2.49. The minimum Gasteiger partial charge on any atom is -0.491 e. The lowest BCUT2D eigenvalue weighted by molar-refractivity contribution is -0.0110. The van der Waals surface area contributed by atoms with Gasteiger partial charge in [-0.05, 0) is 43.5 Å². The van der Waals surface area contributed by atoms with Gasteiger partial charge in [0.15, 0.2) is 0 Å². The van der Waals surface area contributed by atoms with Crippen molar-refractivity contribution in [1.82, 2.24) is 9.55 Å². The van der Waals surface area contributed by atoms with Crippen LogP contribution in [0.2, 0.25) is 0 Å². The first-order valence-electron chi connectivity index (χ1n) is 7.14. The van der Waals surface area contributed by atoms with Crippen LogP contribution in [0.1, 0.15) is 19.3 Å². The molecule has 0 saturated carbocycles. The monoisotopic (exact) mass is 272 g/mol. The molecule has 0 spiro atoms. The lowest BCUT2D eigenvalue weighted by Gasteiger charge is -2.22. The topological polar surface area (TPSA) is 36.3 Å². The molecule has 0 aliphatic carbocycles. The summed E-state index contributed by atoms with van der Waals surface area (Å²) in [6.07, 6.45) is 7.45. The molecule has 0 bridgehead atoms. The van der Waals surface area contributed by atoms with Crippen molar-refractivity contribution in [2.45, 2.75) is 25.4 Å².